The number of rotatable bonds is 2. The van der Waals surface area contributed by atoms with Crippen LogP contribution in [0.25, 0.3) is 0 Å². The Hall–Kier alpha value is -2.07. The van der Waals surface area contributed by atoms with E-state index in [-0.39, 0.29) is 12.1 Å². The minimum atomic E-state index is 0.142. The highest BCUT2D eigenvalue weighted by Crippen LogP contribution is 2.45. The topological polar surface area (TPSA) is 28.5 Å². The van der Waals surface area contributed by atoms with Crippen molar-refractivity contribution in [3.8, 4) is 0 Å². The average Bonchev–Trinajstić information content (AvgIpc) is 3.31. The predicted octanol–water partition coefficient (Wildman–Crippen LogP) is 3.77. The molecule has 0 unspecified atom stereocenters. The van der Waals surface area contributed by atoms with E-state index in [0.29, 0.717) is 12.5 Å². The Morgan fingerprint density at radius 1 is 1.00 bits per heavy atom. The van der Waals surface area contributed by atoms with Crippen molar-refractivity contribution in [1.29, 1.82) is 0 Å². The third-order valence-corrected chi connectivity index (χ3v) is 6.17. The number of fused-ring (bicyclic) bond motifs is 2. The molecule has 1 aromatic heterocycles. The first kappa shape index (κ1) is 15.2. The van der Waals surface area contributed by atoms with Gasteiger partial charge in [-0.1, -0.05) is 29.8 Å². The molecule has 2 aromatic rings. The molecule has 2 aliphatic heterocycles. The summed E-state index contributed by atoms with van der Waals surface area (Å²) in [6, 6.07) is 11.4. The van der Waals surface area contributed by atoms with Gasteiger partial charge in [0.15, 0.2) is 0 Å². The third kappa shape index (κ3) is 2.35. The maximum absolute atomic E-state index is 12.6. The molecular formula is C21H25N3O. The SMILES string of the molecule is Cc1ccc([C@@H]2C[C@@H](n3ccc4c3CCCC4)N3C(=O)CCN23)cc1. The van der Waals surface area contributed by atoms with E-state index in [0.717, 1.165) is 19.4 Å². The van der Waals surface area contributed by atoms with Gasteiger partial charge in [-0.2, -0.15) is 0 Å². The lowest BCUT2D eigenvalue weighted by molar-refractivity contribution is -0.141. The standard InChI is InChI=1S/C21H25N3O/c1-15-6-8-17(9-7-15)19-14-20(24-21(25)11-13-23(19)24)22-12-10-16-4-2-3-5-18(16)22/h6-10,12,19-20H,2-5,11,13-14H2,1H3/t19-,20-/m0/s1. The minimum Gasteiger partial charge on any atom is -0.329 e. The molecule has 0 spiro atoms. The molecule has 0 saturated carbocycles. The highest BCUT2D eigenvalue weighted by atomic mass is 16.2. The lowest BCUT2D eigenvalue weighted by atomic mass is 9.97. The van der Waals surface area contributed by atoms with Crippen molar-refractivity contribution in [1.82, 2.24) is 14.6 Å². The zero-order chi connectivity index (χ0) is 17.0. The van der Waals surface area contributed by atoms with Crippen LogP contribution in [0.5, 0.6) is 0 Å². The zero-order valence-corrected chi connectivity index (χ0v) is 14.8. The molecule has 0 N–H and O–H groups in total. The van der Waals surface area contributed by atoms with Gasteiger partial charge in [-0.3, -0.25) is 9.80 Å². The van der Waals surface area contributed by atoms with Gasteiger partial charge in [0.25, 0.3) is 0 Å². The molecule has 0 radical (unpaired) electrons. The number of hydrogen-bond donors (Lipinski definition) is 0. The lowest BCUT2D eigenvalue weighted by Gasteiger charge is -2.29. The first-order valence-corrected chi connectivity index (χ1v) is 9.56. The monoisotopic (exact) mass is 335 g/mol. The van der Waals surface area contributed by atoms with Gasteiger partial charge in [0, 0.05) is 31.3 Å². The highest BCUT2D eigenvalue weighted by molar-refractivity contribution is 5.78. The number of nitrogens with zero attached hydrogens (tertiary/aromatic N) is 3. The first-order valence-electron chi connectivity index (χ1n) is 9.56. The number of hydrogen-bond acceptors (Lipinski definition) is 2. The average molecular weight is 335 g/mol. The van der Waals surface area contributed by atoms with Crippen LogP contribution in [0, 0.1) is 6.92 Å². The van der Waals surface area contributed by atoms with Crippen molar-refractivity contribution in [2.45, 2.75) is 57.7 Å². The Kier molecular flexibility index (Phi) is 3.49. The number of carbonyl (C=O) groups is 1. The van der Waals surface area contributed by atoms with Gasteiger partial charge in [-0.15, -0.1) is 0 Å². The smallest absolute Gasteiger partial charge is 0.240 e. The van der Waals surface area contributed by atoms with Crippen LogP contribution in [0.3, 0.4) is 0 Å². The van der Waals surface area contributed by atoms with Crippen molar-refractivity contribution in [3.05, 3.63) is 58.9 Å². The Bertz CT molecular complexity index is 807. The fourth-order valence-electron chi connectivity index (χ4n) is 4.90. The lowest BCUT2D eigenvalue weighted by Crippen LogP contribution is -2.37. The third-order valence-electron chi connectivity index (χ3n) is 6.17. The van der Waals surface area contributed by atoms with E-state index in [4.69, 9.17) is 0 Å². The normalized spacial score (nSPS) is 26.1. The van der Waals surface area contributed by atoms with Gasteiger partial charge in [0.05, 0.1) is 6.04 Å². The highest BCUT2D eigenvalue weighted by Gasteiger charge is 2.47. The number of carbonyl (C=O) groups excluding carboxylic acids is 1. The fourth-order valence-corrected chi connectivity index (χ4v) is 4.90. The van der Waals surface area contributed by atoms with Crippen LogP contribution in [0.1, 0.15) is 60.3 Å². The van der Waals surface area contributed by atoms with Crippen molar-refractivity contribution in [2.75, 3.05) is 6.54 Å². The molecule has 2 saturated heterocycles. The molecule has 3 heterocycles. The van der Waals surface area contributed by atoms with E-state index in [1.165, 1.54) is 41.6 Å². The summed E-state index contributed by atoms with van der Waals surface area (Å²) in [6.45, 7) is 2.97. The predicted molar refractivity (Wildman–Crippen MR) is 96.8 cm³/mol. The van der Waals surface area contributed by atoms with Gasteiger partial charge in [0.2, 0.25) is 5.91 Å². The molecule has 2 atom stereocenters. The summed E-state index contributed by atoms with van der Waals surface area (Å²) in [5.41, 5.74) is 5.56. The van der Waals surface area contributed by atoms with Crippen LogP contribution >= 0.6 is 0 Å². The Labute approximate surface area is 149 Å². The number of aromatic nitrogens is 1. The van der Waals surface area contributed by atoms with E-state index in [9.17, 15) is 4.79 Å². The van der Waals surface area contributed by atoms with Crippen LogP contribution in [-0.4, -0.2) is 27.0 Å². The van der Waals surface area contributed by atoms with Crippen molar-refractivity contribution < 1.29 is 4.79 Å². The van der Waals surface area contributed by atoms with Gasteiger partial charge in [-0.25, -0.2) is 5.01 Å². The van der Waals surface area contributed by atoms with E-state index in [2.05, 4.69) is 58.0 Å². The Morgan fingerprint density at radius 3 is 2.64 bits per heavy atom. The summed E-state index contributed by atoms with van der Waals surface area (Å²) < 4.78 is 2.40. The molecule has 130 valence electrons. The van der Waals surface area contributed by atoms with Crippen LogP contribution < -0.4 is 0 Å². The van der Waals surface area contributed by atoms with Gasteiger partial charge in [0.1, 0.15) is 6.17 Å². The van der Waals surface area contributed by atoms with E-state index < -0.39 is 0 Å². The second-order valence-corrected chi connectivity index (χ2v) is 7.70. The summed E-state index contributed by atoms with van der Waals surface area (Å²) in [5, 5.41) is 4.37. The molecule has 1 amide bonds. The molecule has 2 fully saturated rings. The molecule has 25 heavy (non-hydrogen) atoms. The second-order valence-electron chi connectivity index (χ2n) is 7.70. The maximum atomic E-state index is 12.6. The van der Waals surface area contributed by atoms with Crippen molar-refractivity contribution in [2.24, 2.45) is 0 Å². The summed E-state index contributed by atoms with van der Waals surface area (Å²) in [6.07, 6.45) is 8.89. The molecule has 1 aliphatic carbocycles. The van der Waals surface area contributed by atoms with Crippen LogP contribution in [0.15, 0.2) is 36.5 Å². The molecule has 0 bridgehead atoms. The fraction of sp³-hybridized carbons (Fsp3) is 0.476. The quantitative estimate of drug-likeness (QED) is 0.836. The van der Waals surface area contributed by atoms with Gasteiger partial charge >= 0.3 is 0 Å². The summed E-state index contributed by atoms with van der Waals surface area (Å²) >= 11 is 0. The summed E-state index contributed by atoms with van der Waals surface area (Å²) in [5.74, 6) is 0.276. The molecule has 4 nitrogen and oxygen atoms in total. The zero-order valence-electron chi connectivity index (χ0n) is 14.8. The number of aryl methyl sites for hydroxylation is 2. The van der Waals surface area contributed by atoms with Crippen molar-refractivity contribution >= 4 is 5.91 Å². The van der Waals surface area contributed by atoms with E-state index in [1.54, 1.807) is 0 Å². The van der Waals surface area contributed by atoms with Gasteiger partial charge in [-0.05, 0) is 49.8 Å². The molecule has 5 rings (SSSR count). The maximum Gasteiger partial charge on any atom is 0.240 e. The summed E-state index contributed by atoms with van der Waals surface area (Å²) in [7, 11) is 0. The second kappa shape index (κ2) is 5.73. The summed E-state index contributed by atoms with van der Waals surface area (Å²) in [4.78, 5) is 12.6. The largest absolute Gasteiger partial charge is 0.329 e. The number of benzene rings is 1. The number of amides is 1. The van der Waals surface area contributed by atoms with Gasteiger partial charge < -0.3 is 4.57 Å². The Balaban J connectivity index is 1.53. The van der Waals surface area contributed by atoms with Crippen molar-refractivity contribution in [3.63, 3.8) is 0 Å². The molecule has 1 aromatic carbocycles. The first-order chi connectivity index (χ1) is 12.2. The van der Waals surface area contributed by atoms with Crippen LogP contribution in [0.4, 0.5) is 0 Å². The van der Waals surface area contributed by atoms with Crippen LogP contribution in [-0.2, 0) is 17.6 Å². The molecular weight excluding hydrogens is 310 g/mol. The Morgan fingerprint density at radius 2 is 1.80 bits per heavy atom. The van der Waals surface area contributed by atoms with Crippen LogP contribution in [0.2, 0.25) is 0 Å². The van der Waals surface area contributed by atoms with E-state index >= 15 is 0 Å². The minimum absolute atomic E-state index is 0.142. The molecule has 4 heteroatoms. The van der Waals surface area contributed by atoms with E-state index in [1.807, 2.05) is 0 Å². The molecule has 3 aliphatic rings. The number of hydrazine groups is 1.